The summed E-state index contributed by atoms with van der Waals surface area (Å²) in [6.07, 6.45) is 11.6. The molecule has 0 bridgehead atoms. The minimum absolute atomic E-state index is 0. The molecule has 0 aromatic heterocycles. The molecule has 0 aromatic rings. The van der Waals surface area contributed by atoms with E-state index in [1.54, 1.807) is 4.90 Å². The van der Waals surface area contributed by atoms with Gasteiger partial charge in [-0.05, 0) is 6.42 Å². The molecule has 1 radical (unpaired) electrons. The van der Waals surface area contributed by atoms with Gasteiger partial charge in [0.25, 0.3) is 0 Å². The van der Waals surface area contributed by atoms with Crippen LogP contribution in [0, 0.1) is 0 Å². The van der Waals surface area contributed by atoms with E-state index in [0.717, 1.165) is 12.8 Å². The predicted octanol–water partition coefficient (Wildman–Crippen LogP) is 2.41. The van der Waals surface area contributed by atoms with Crippen molar-refractivity contribution in [1.29, 1.82) is 0 Å². The number of aliphatic hydroxyl groups excluding tert-OH is 1. The van der Waals surface area contributed by atoms with Gasteiger partial charge in [-0.1, -0.05) is 58.3 Å². The van der Waals surface area contributed by atoms with Crippen molar-refractivity contribution in [2.75, 3.05) is 32.8 Å². The minimum Gasteiger partial charge on any atom is -0.481 e. The Labute approximate surface area is 181 Å². The Bertz CT molecular complexity index is 344. The summed E-state index contributed by atoms with van der Waals surface area (Å²) >= 11 is 0. The molecule has 0 aromatic carbocycles. The number of nitrogens with zero attached hydrogens (tertiary/aromatic N) is 1. The zero-order valence-electron chi connectivity index (χ0n) is 17.0. The molecule has 6 nitrogen and oxygen atoms in total. The van der Waals surface area contributed by atoms with Crippen LogP contribution in [0.15, 0.2) is 0 Å². The maximum absolute atomic E-state index is 12.2. The van der Waals surface area contributed by atoms with E-state index in [9.17, 15) is 9.59 Å². The molecular formula is C19H38N2NaO4. The van der Waals surface area contributed by atoms with E-state index in [4.69, 9.17) is 10.2 Å². The Balaban J connectivity index is 0. The van der Waals surface area contributed by atoms with Gasteiger partial charge in [0.05, 0.1) is 13.0 Å². The first kappa shape index (κ1) is 28.1. The number of carboxylic acid groups (broad SMARTS) is 1. The molecule has 0 atom stereocenters. The van der Waals surface area contributed by atoms with Gasteiger partial charge in [-0.25, -0.2) is 0 Å². The quantitative estimate of drug-likeness (QED) is 0.251. The molecule has 1 amide bonds. The van der Waals surface area contributed by atoms with Gasteiger partial charge in [0.15, 0.2) is 0 Å². The first-order chi connectivity index (χ1) is 12.1. The summed E-state index contributed by atoms with van der Waals surface area (Å²) in [6, 6.07) is 0. The van der Waals surface area contributed by atoms with Gasteiger partial charge in [-0.2, -0.15) is 0 Å². The van der Waals surface area contributed by atoms with Crippen molar-refractivity contribution < 1.29 is 19.8 Å². The molecule has 0 saturated carbocycles. The number of aliphatic hydroxyl groups is 1. The molecule has 0 saturated heterocycles. The summed E-state index contributed by atoms with van der Waals surface area (Å²) in [5, 5.41) is 20.7. The number of nitrogens with one attached hydrogen (secondary N) is 1. The van der Waals surface area contributed by atoms with Gasteiger partial charge in [0, 0.05) is 62.2 Å². The van der Waals surface area contributed by atoms with Crippen molar-refractivity contribution in [2.45, 2.75) is 77.6 Å². The van der Waals surface area contributed by atoms with E-state index >= 15 is 0 Å². The first-order valence-electron chi connectivity index (χ1n) is 9.93. The van der Waals surface area contributed by atoms with Crippen LogP contribution in [0.5, 0.6) is 0 Å². The molecule has 26 heavy (non-hydrogen) atoms. The monoisotopic (exact) mass is 381 g/mol. The predicted molar refractivity (Wildman–Crippen MR) is 106 cm³/mol. The van der Waals surface area contributed by atoms with E-state index in [1.165, 1.54) is 44.9 Å². The zero-order chi connectivity index (χ0) is 18.8. The van der Waals surface area contributed by atoms with E-state index in [0.29, 0.717) is 32.6 Å². The molecule has 0 rings (SSSR count). The van der Waals surface area contributed by atoms with Crippen molar-refractivity contribution in [3.63, 3.8) is 0 Å². The number of aliphatic carboxylic acids is 1. The Kier molecular flexibility index (Phi) is 22.9. The van der Waals surface area contributed by atoms with Crippen molar-refractivity contribution in [3.8, 4) is 0 Å². The number of carbonyl (C=O) groups is 2. The average Bonchev–Trinajstić information content (AvgIpc) is 2.58. The summed E-state index contributed by atoms with van der Waals surface area (Å²) in [6.45, 7) is 3.99. The van der Waals surface area contributed by atoms with E-state index in [2.05, 4.69) is 12.2 Å². The van der Waals surface area contributed by atoms with Crippen molar-refractivity contribution in [2.24, 2.45) is 0 Å². The molecule has 0 unspecified atom stereocenters. The minimum atomic E-state index is -0.832. The fourth-order valence-electron chi connectivity index (χ4n) is 2.76. The summed E-state index contributed by atoms with van der Waals surface area (Å²) in [5.74, 6) is -0.752. The molecule has 0 aliphatic heterocycles. The Morgan fingerprint density at radius 2 is 1.42 bits per heavy atom. The fraction of sp³-hybridized carbons (Fsp3) is 0.895. The van der Waals surface area contributed by atoms with E-state index in [-0.39, 0.29) is 48.5 Å². The van der Waals surface area contributed by atoms with Crippen LogP contribution in [0.1, 0.15) is 77.6 Å². The topological polar surface area (TPSA) is 89.9 Å². The van der Waals surface area contributed by atoms with Crippen LogP contribution in [0.3, 0.4) is 0 Å². The van der Waals surface area contributed by atoms with Gasteiger partial charge in [0.1, 0.15) is 0 Å². The zero-order valence-corrected chi connectivity index (χ0v) is 19.0. The third kappa shape index (κ3) is 18.6. The fourth-order valence-corrected chi connectivity index (χ4v) is 2.76. The van der Waals surface area contributed by atoms with Crippen LogP contribution in [0.25, 0.3) is 0 Å². The number of unbranched alkanes of at least 4 members (excludes halogenated alkanes) is 8. The Hall–Kier alpha value is -0.140. The summed E-state index contributed by atoms with van der Waals surface area (Å²) in [7, 11) is 0. The summed E-state index contributed by atoms with van der Waals surface area (Å²) in [5.41, 5.74) is 0. The molecule has 0 heterocycles. The van der Waals surface area contributed by atoms with Gasteiger partial charge >= 0.3 is 5.97 Å². The molecule has 149 valence electrons. The van der Waals surface area contributed by atoms with Crippen LogP contribution in [0.4, 0.5) is 0 Å². The maximum Gasteiger partial charge on any atom is 0.304 e. The molecule has 7 heteroatoms. The van der Waals surface area contributed by atoms with Gasteiger partial charge in [0.2, 0.25) is 5.91 Å². The number of hydrogen-bond acceptors (Lipinski definition) is 4. The second kappa shape index (κ2) is 21.2. The molecular weight excluding hydrogens is 343 g/mol. The molecule has 0 spiro atoms. The smallest absolute Gasteiger partial charge is 0.304 e. The van der Waals surface area contributed by atoms with Crippen LogP contribution >= 0.6 is 0 Å². The number of hydrogen-bond donors (Lipinski definition) is 3. The largest absolute Gasteiger partial charge is 0.481 e. The van der Waals surface area contributed by atoms with Gasteiger partial charge in [-0.3, -0.25) is 9.59 Å². The molecule has 3 N–H and O–H groups in total. The number of rotatable bonds is 18. The van der Waals surface area contributed by atoms with E-state index < -0.39 is 5.97 Å². The Morgan fingerprint density at radius 1 is 0.846 bits per heavy atom. The van der Waals surface area contributed by atoms with Crippen LogP contribution in [-0.2, 0) is 9.59 Å². The third-order valence-electron chi connectivity index (χ3n) is 4.29. The maximum atomic E-state index is 12.2. The van der Waals surface area contributed by atoms with Gasteiger partial charge < -0.3 is 20.4 Å². The summed E-state index contributed by atoms with van der Waals surface area (Å²) in [4.78, 5) is 24.3. The van der Waals surface area contributed by atoms with Gasteiger partial charge in [-0.15, -0.1) is 0 Å². The first-order valence-corrected chi connectivity index (χ1v) is 9.93. The molecule has 0 aliphatic rings. The molecule has 0 aliphatic carbocycles. The second-order valence-corrected chi connectivity index (χ2v) is 6.58. The Morgan fingerprint density at radius 3 is 1.96 bits per heavy atom. The normalized spacial score (nSPS) is 10.4. The average molecular weight is 382 g/mol. The summed E-state index contributed by atoms with van der Waals surface area (Å²) < 4.78 is 0. The van der Waals surface area contributed by atoms with Crippen LogP contribution in [-0.4, -0.2) is 89.3 Å². The van der Waals surface area contributed by atoms with Crippen LogP contribution in [0.2, 0.25) is 0 Å². The van der Waals surface area contributed by atoms with Crippen molar-refractivity contribution in [3.05, 3.63) is 0 Å². The van der Waals surface area contributed by atoms with E-state index in [1.807, 2.05) is 0 Å². The second-order valence-electron chi connectivity index (χ2n) is 6.58. The SMILES string of the molecule is CCCCCCCCCCCC(=O)N(CCO)CCNCCC(=O)O.[Na]. The molecule has 0 fully saturated rings. The van der Waals surface area contributed by atoms with Crippen LogP contribution < -0.4 is 5.32 Å². The van der Waals surface area contributed by atoms with Crippen molar-refractivity contribution >= 4 is 41.4 Å². The van der Waals surface area contributed by atoms with Crippen molar-refractivity contribution in [1.82, 2.24) is 10.2 Å². The number of amides is 1. The standard InChI is InChI=1S/C19H38N2O4.Na/c1-2-3-4-5-6-7-8-9-10-11-18(23)21(16-17-22)15-14-20-13-12-19(24)25;/h20,22H,2-17H2,1H3,(H,24,25);. The third-order valence-corrected chi connectivity index (χ3v) is 4.29. The number of carboxylic acids is 1. The number of carbonyl (C=O) groups excluding carboxylic acids is 1.